The summed E-state index contributed by atoms with van der Waals surface area (Å²) in [7, 11) is 2.02. The minimum atomic E-state index is 0.755. The molecule has 0 atom stereocenters. The van der Waals surface area contributed by atoms with Gasteiger partial charge in [0.15, 0.2) is 0 Å². The molecule has 1 aromatic heterocycles. The Balaban J connectivity index is 2.36. The summed E-state index contributed by atoms with van der Waals surface area (Å²) in [6.07, 6.45) is 5.19. The van der Waals surface area contributed by atoms with Crippen molar-refractivity contribution in [2.45, 2.75) is 26.2 Å². The summed E-state index contributed by atoms with van der Waals surface area (Å²) in [6, 6.07) is 1.91. The Labute approximate surface area is 96.5 Å². The maximum Gasteiger partial charge on any atom is 0.225 e. The second-order valence-corrected chi connectivity index (χ2v) is 4.05. The van der Waals surface area contributed by atoms with Gasteiger partial charge in [-0.15, -0.1) is 11.6 Å². The van der Waals surface area contributed by atoms with E-state index in [1.807, 2.05) is 20.0 Å². The number of alkyl halides is 1. The smallest absolute Gasteiger partial charge is 0.225 e. The molecule has 0 aliphatic carbocycles. The fourth-order valence-corrected chi connectivity index (χ4v) is 1.53. The third kappa shape index (κ3) is 4.47. The predicted molar refractivity (Wildman–Crippen MR) is 64.6 cm³/mol. The van der Waals surface area contributed by atoms with Crippen LogP contribution in [0.3, 0.4) is 0 Å². The van der Waals surface area contributed by atoms with Gasteiger partial charge in [0.25, 0.3) is 0 Å². The summed E-state index contributed by atoms with van der Waals surface area (Å²) >= 11 is 5.62. The van der Waals surface area contributed by atoms with Crippen molar-refractivity contribution in [2.24, 2.45) is 0 Å². The van der Waals surface area contributed by atoms with Crippen LogP contribution in [0.4, 0.5) is 5.95 Å². The maximum atomic E-state index is 5.62. The average Bonchev–Trinajstić information content (AvgIpc) is 2.24. The zero-order valence-corrected chi connectivity index (χ0v) is 10.2. The molecule has 0 saturated heterocycles. The highest BCUT2D eigenvalue weighted by Gasteiger charge is 2.02. The summed E-state index contributed by atoms with van der Waals surface area (Å²) in [5.74, 6) is 1.56. The van der Waals surface area contributed by atoms with Gasteiger partial charge in [-0.25, -0.2) is 9.97 Å². The normalized spacial score (nSPS) is 10.3. The Kier molecular flexibility index (Phi) is 5.40. The summed E-state index contributed by atoms with van der Waals surface area (Å²) in [4.78, 5) is 10.7. The van der Waals surface area contributed by atoms with Crippen molar-refractivity contribution in [3.8, 4) is 0 Å². The number of aromatic nitrogens is 2. The molecule has 84 valence electrons. The highest BCUT2D eigenvalue weighted by atomic mass is 35.5. The number of hydrogen-bond acceptors (Lipinski definition) is 3. The minimum Gasteiger partial charge on any atom is -0.344 e. The molecule has 0 N–H and O–H groups in total. The SMILES string of the molecule is Cc1ccnc(N(C)CCCCCCl)n1. The second kappa shape index (κ2) is 6.62. The molecule has 0 bridgehead atoms. The molecule has 0 aliphatic heterocycles. The van der Waals surface area contributed by atoms with Crippen LogP contribution in [0.2, 0.25) is 0 Å². The standard InChI is InChI=1S/C11H18ClN3/c1-10-6-8-13-11(14-10)15(2)9-5-3-4-7-12/h6,8H,3-5,7,9H2,1-2H3. The van der Waals surface area contributed by atoms with Crippen molar-refractivity contribution in [3.05, 3.63) is 18.0 Å². The van der Waals surface area contributed by atoms with E-state index in [0.29, 0.717) is 0 Å². The van der Waals surface area contributed by atoms with Gasteiger partial charge in [0.1, 0.15) is 0 Å². The molecule has 0 unspecified atom stereocenters. The van der Waals surface area contributed by atoms with Crippen molar-refractivity contribution in [2.75, 3.05) is 24.4 Å². The van der Waals surface area contributed by atoms with Crippen molar-refractivity contribution >= 4 is 17.5 Å². The fourth-order valence-electron chi connectivity index (χ4n) is 1.34. The lowest BCUT2D eigenvalue weighted by atomic mass is 10.2. The number of aryl methyl sites for hydroxylation is 1. The first-order valence-electron chi connectivity index (χ1n) is 5.31. The molecule has 15 heavy (non-hydrogen) atoms. The van der Waals surface area contributed by atoms with Gasteiger partial charge in [-0.1, -0.05) is 6.42 Å². The van der Waals surface area contributed by atoms with E-state index in [9.17, 15) is 0 Å². The van der Waals surface area contributed by atoms with Gasteiger partial charge in [0.05, 0.1) is 0 Å². The summed E-state index contributed by atoms with van der Waals surface area (Å²) in [5.41, 5.74) is 1.01. The van der Waals surface area contributed by atoms with Gasteiger partial charge in [-0.3, -0.25) is 0 Å². The van der Waals surface area contributed by atoms with Crippen molar-refractivity contribution in [3.63, 3.8) is 0 Å². The van der Waals surface area contributed by atoms with Crippen LogP contribution < -0.4 is 4.90 Å². The van der Waals surface area contributed by atoms with E-state index in [1.165, 1.54) is 6.42 Å². The lowest BCUT2D eigenvalue weighted by Gasteiger charge is -2.16. The second-order valence-electron chi connectivity index (χ2n) is 3.67. The topological polar surface area (TPSA) is 29.0 Å². The Hall–Kier alpha value is -0.830. The van der Waals surface area contributed by atoms with Crippen LogP contribution in [0.15, 0.2) is 12.3 Å². The number of unbranched alkanes of at least 4 members (excludes halogenated alkanes) is 2. The third-order valence-electron chi connectivity index (χ3n) is 2.25. The molecule has 0 spiro atoms. The van der Waals surface area contributed by atoms with E-state index < -0.39 is 0 Å². The lowest BCUT2D eigenvalue weighted by Crippen LogP contribution is -2.21. The van der Waals surface area contributed by atoms with Crippen LogP contribution >= 0.6 is 11.6 Å². The van der Waals surface area contributed by atoms with E-state index in [1.54, 1.807) is 6.20 Å². The Morgan fingerprint density at radius 1 is 1.33 bits per heavy atom. The first-order chi connectivity index (χ1) is 7.24. The summed E-state index contributed by atoms with van der Waals surface area (Å²) < 4.78 is 0. The zero-order chi connectivity index (χ0) is 11.1. The molecule has 0 radical (unpaired) electrons. The van der Waals surface area contributed by atoms with Crippen molar-refractivity contribution in [1.82, 2.24) is 9.97 Å². The van der Waals surface area contributed by atoms with E-state index in [-0.39, 0.29) is 0 Å². The molecule has 0 fully saturated rings. The van der Waals surface area contributed by atoms with Crippen LogP contribution in [-0.4, -0.2) is 29.4 Å². The maximum absolute atomic E-state index is 5.62. The van der Waals surface area contributed by atoms with Crippen LogP contribution in [0.5, 0.6) is 0 Å². The molecule has 1 aromatic rings. The number of halogens is 1. The molecule has 1 rings (SSSR count). The van der Waals surface area contributed by atoms with Gasteiger partial charge in [0.2, 0.25) is 5.95 Å². The summed E-state index contributed by atoms with van der Waals surface area (Å²) in [5, 5.41) is 0. The lowest BCUT2D eigenvalue weighted by molar-refractivity contribution is 0.698. The van der Waals surface area contributed by atoms with E-state index >= 15 is 0 Å². The highest BCUT2D eigenvalue weighted by Crippen LogP contribution is 2.07. The predicted octanol–water partition coefficient (Wildman–Crippen LogP) is 2.63. The van der Waals surface area contributed by atoms with Crippen LogP contribution in [0, 0.1) is 6.92 Å². The molecule has 0 amide bonds. The van der Waals surface area contributed by atoms with Gasteiger partial charge >= 0.3 is 0 Å². The van der Waals surface area contributed by atoms with E-state index in [0.717, 1.165) is 36.9 Å². The monoisotopic (exact) mass is 227 g/mol. The zero-order valence-electron chi connectivity index (χ0n) is 9.41. The Morgan fingerprint density at radius 2 is 2.13 bits per heavy atom. The van der Waals surface area contributed by atoms with E-state index in [2.05, 4.69) is 14.9 Å². The van der Waals surface area contributed by atoms with Gasteiger partial charge in [-0.05, 0) is 25.8 Å². The van der Waals surface area contributed by atoms with Gasteiger partial charge in [-0.2, -0.15) is 0 Å². The molecule has 3 nitrogen and oxygen atoms in total. The Bertz CT molecular complexity index is 291. The summed E-state index contributed by atoms with van der Waals surface area (Å²) in [6.45, 7) is 2.97. The van der Waals surface area contributed by atoms with Crippen LogP contribution in [0.1, 0.15) is 25.0 Å². The van der Waals surface area contributed by atoms with Crippen molar-refractivity contribution in [1.29, 1.82) is 0 Å². The third-order valence-corrected chi connectivity index (χ3v) is 2.52. The first-order valence-corrected chi connectivity index (χ1v) is 5.84. The Morgan fingerprint density at radius 3 is 2.80 bits per heavy atom. The van der Waals surface area contributed by atoms with Crippen LogP contribution in [-0.2, 0) is 0 Å². The average molecular weight is 228 g/mol. The number of anilines is 1. The molecule has 4 heteroatoms. The van der Waals surface area contributed by atoms with Gasteiger partial charge in [0, 0.05) is 31.4 Å². The number of nitrogens with zero attached hydrogens (tertiary/aromatic N) is 3. The van der Waals surface area contributed by atoms with E-state index in [4.69, 9.17) is 11.6 Å². The van der Waals surface area contributed by atoms with Gasteiger partial charge < -0.3 is 4.90 Å². The molecular formula is C11H18ClN3. The molecule has 0 aliphatic rings. The molecule has 0 saturated carbocycles. The minimum absolute atomic E-state index is 0.755. The van der Waals surface area contributed by atoms with Crippen molar-refractivity contribution < 1.29 is 0 Å². The van der Waals surface area contributed by atoms with Crippen LogP contribution in [0.25, 0.3) is 0 Å². The quantitative estimate of drug-likeness (QED) is 0.553. The number of hydrogen-bond donors (Lipinski definition) is 0. The molecular weight excluding hydrogens is 210 g/mol. The number of rotatable bonds is 6. The fraction of sp³-hybridized carbons (Fsp3) is 0.636. The first kappa shape index (κ1) is 12.2. The largest absolute Gasteiger partial charge is 0.344 e. The highest BCUT2D eigenvalue weighted by molar-refractivity contribution is 6.17. The molecule has 1 heterocycles. The molecule has 0 aromatic carbocycles.